The van der Waals surface area contributed by atoms with Gasteiger partial charge in [0.25, 0.3) is 0 Å². The van der Waals surface area contributed by atoms with E-state index in [4.69, 9.17) is 0 Å². The smallest absolute Gasteiger partial charge is 0.0412 e. The zero-order chi connectivity index (χ0) is 14.0. The van der Waals surface area contributed by atoms with Crippen LogP contribution in [-0.2, 0) is 0 Å². The maximum absolute atomic E-state index is 3.90. The summed E-state index contributed by atoms with van der Waals surface area (Å²) < 4.78 is 1.18. The fraction of sp³-hybridized carbons (Fsp3) is 0.647. The molecular formula is C17H25BrN2. The van der Waals surface area contributed by atoms with Crippen molar-refractivity contribution in [3.05, 3.63) is 28.7 Å². The second kappa shape index (κ2) is 6.07. The Bertz CT molecular complexity index is 454. The van der Waals surface area contributed by atoms with Gasteiger partial charge in [-0.2, -0.15) is 0 Å². The summed E-state index contributed by atoms with van der Waals surface area (Å²) in [7, 11) is 0. The molecule has 3 heteroatoms. The Morgan fingerprint density at radius 3 is 2.80 bits per heavy atom. The number of hydrogen-bond donors (Lipinski definition) is 1. The summed E-state index contributed by atoms with van der Waals surface area (Å²) in [5, 5.41) is 3.90. The van der Waals surface area contributed by atoms with E-state index in [1.54, 1.807) is 0 Å². The minimum atomic E-state index is 0.367. The van der Waals surface area contributed by atoms with Crippen LogP contribution in [0.25, 0.3) is 0 Å². The van der Waals surface area contributed by atoms with E-state index in [0.717, 1.165) is 6.54 Å². The third kappa shape index (κ3) is 2.89. The second-order valence-electron chi connectivity index (χ2n) is 6.39. The largest absolute Gasteiger partial charge is 0.365 e. The van der Waals surface area contributed by atoms with Gasteiger partial charge in [-0.25, -0.2) is 0 Å². The van der Waals surface area contributed by atoms with Gasteiger partial charge >= 0.3 is 0 Å². The Morgan fingerprint density at radius 1 is 1.30 bits per heavy atom. The highest BCUT2D eigenvalue weighted by atomic mass is 79.9. The van der Waals surface area contributed by atoms with Gasteiger partial charge in [0, 0.05) is 34.8 Å². The Hall–Kier alpha value is -0.540. The number of halogens is 1. The Balaban J connectivity index is 1.85. The fourth-order valence-electron chi connectivity index (χ4n) is 3.84. The lowest BCUT2D eigenvalue weighted by molar-refractivity contribution is 0.196. The lowest BCUT2D eigenvalue weighted by atomic mass is 9.79. The zero-order valence-electron chi connectivity index (χ0n) is 12.4. The SMILES string of the molecule is CCC1CNC2(CCCCC2)CN1c1cccc(Br)c1. The number of piperazine rings is 1. The first-order valence-corrected chi connectivity index (χ1v) is 8.79. The van der Waals surface area contributed by atoms with Crippen molar-refractivity contribution < 1.29 is 0 Å². The third-order valence-corrected chi connectivity index (χ3v) is 5.54. The molecule has 110 valence electrons. The molecule has 1 atom stereocenters. The summed E-state index contributed by atoms with van der Waals surface area (Å²) in [6.07, 6.45) is 8.07. The highest BCUT2D eigenvalue weighted by Crippen LogP contribution is 2.35. The van der Waals surface area contributed by atoms with E-state index in [1.807, 2.05) is 0 Å². The average Bonchev–Trinajstić information content (AvgIpc) is 2.48. The number of anilines is 1. The molecule has 1 N–H and O–H groups in total. The summed E-state index contributed by atoms with van der Waals surface area (Å²) in [5.74, 6) is 0. The van der Waals surface area contributed by atoms with E-state index < -0.39 is 0 Å². The number of benzene rings is 1. The first kappa shape index (κ1) is 14.4. The molecule has 1 saturated heterocycles. The van der Waals surface area contributed by atoms with Gasteiger partial charge in [0.05, 0.1) is 0 Å². The van der Waals surface area contributed by atoms with Crippen molar-refractivity contribution in [3.8, 4) is 0 Å². The summed E-state index contributed by atoms with van der Waals surface area (Å²) in [6.45, 7) is 4.60. The van der Waals surface area contributed by atoms with Crippen LogP contribution < -0.4 is 10.2 Å². The number of rotatable bonds is 2. The zero-order valence-corrected chi connectivity index (χ0v) is 14.0. The van der Waals surface area contributed by atoms with Crippen LogP contribution >= 0.6 is 15.9 Å². The van der Waals surface area contributed by atoms with Crippen LogP contribution in [0.5, 0.6) is 0 Å². The lowest BCUT2D eigenvalue weighted by Crippen LogP contribution is -2.65. The van der Waals surface area contributed by atoms with Crippen LogP contribution in [0, 0.1) is 0 Å². The van der Waals surface area contributed by atoms with Gasteiger partial charge < -0.3 is 10.2 Å². The van der Waals surface area contributed by atoms with Gasteiger partial charge in [-0.3, -0.25) is 0 Å². The van der Waals surface area contributed by atoms with Gasteiger partial charge in [-0.05, 0) is 37.5 Å². The monoisotopic (exact) mass is 336 g/mol. The highest BCUT2D eigenvalue weighted by molar-refractivity contribution is 9.10. The van der Waals surface area contributed by atoms with E-state index in [-0.39, 0.29) is 0 Å². The van der Waals surface area contributed by atoms with Gasteiger partial charge in [0.1, 0.15) is 0 Å². The average molecular weight is 337 g/mol. The molecule has 1 saturated carbocycles. The predicted octanol–water partition coefficient (Wildman–Crippen LogP) is 4.34. The van der Waals surface area contributed by atoms with Crippen molar-refractivity contribution in [3.63, 3.8) is 0 Å². The standard InChI is InChI=1S/C17H25BrN2/c1-2-15-12-19-17(9-4-3-5-10-17)13-20(15)16-8-6-7-14(18)11-16/h6-8,11,15,19H,2-5,9-10,12-13H2,1H3. The topological polar surface area (TPSA) is 15.3 Å². The van der Waals surface area contributed by atoms with Gasteiger partial charge in [-0.1, -0.05) is 48.2 Å². The molecule has 3 rings (SSSR count). The van der Waals surface area contributed by atoms with E-state index in [2.05, 4.69) is 57.3 Å². The number of hydrogen-bond acceptors (Lipinski definition) is 2. The van der Waals surface area contributed by atoms with Crippen molar-refractivity contribution in [1.82, 2.24) is 5.32 Å². The van der Waals surface area contributed by atoms with Gasteiger partial charge in [0.2, 0.25) is 0 Å². The van der Waals surface area contributed by atoms with Crippen molar-refractivity contribution in [1.29, 1.82) is 0 Å². The van der Waals surface area contributed by atoms with Crippen molar-refractivity contribution >= 4 is 21.6 Å². The lowest BCUT2D eigenvalue weighted by Gasteiger charge is -2.50. The molecular weight excluding hydrogens is 312 g/mol. The first-order valence-electron chi connectivity index (χ1n) is 8.00. The summed E-state index contributed by atoms with van der Waals surface area (Å²) >= 11 is 3.62. The number of nitrogens with zero attached hydrogens (tertiary/aromatic N) is 1. The summed E-state index contributed by atoms with van der Waals surface area (Å²) in [4.78, 5) is 2.65. The Morgan fingerprint density at radius 2 is 2.10 bits per heavy atom. The molecule has 0 amide bonds. The van der Waals surface area contributed by atoms with E-state index >= 15 is 0 Å². The van der Waals surface area contributed by atoms with Crippen molar-refractivity contribution in [2.45, 2.75) is 57.0 Å². The normalized spacial score (nSPS) is 25.9. The molecule has 1 heterocycles. The van der Waals surface area contributed by atoms with Crippen LogP contribution in [0.4, 0.5) is 5.69 Å². The Kier molecular flexibility index (Phi) is 4.37. The summed E-state index contributed by atoms with van der Waals surface area (Å²) in [6, 6.07) is 9.42. The second-order valence-corrected chi connectivity index (χ2v) is 7.31. The molecule has 1 aromatic carbocycles. The molecule has 20 heavy (non-hydrogen) atoms. The molecule has 2 aliphatic rings. The molecule has 1 aliphatic heterocycles. The van der Waals surface area contributed by atoms with E-state index in [9.17, 15) is 0 Å². The molecule has 0 aromatic heterocycles. The molecule has 2 nitrogen and oxygen atoms in total. The maximum Gasteiger partial charge on any atom is 0.0412 e. The molecule has 1 aliphatic carbocycles. The predicted molar refractivity (Wildman–Crippen MR) is 89.4 cm³/mol. The molecule has 0 bridgehead atoms. The Labute approximate surface area is 131 Å². The van der Waals surface area contributed by atoms with E-state index in [1.165, 1.54) is 55.2 Å². The van der Waals surface area contributed by atoms with Crippen LogP contribution in [0.1, 0.15) is 45.4 Å². The molecule has 0 radical (unpaired) electrons. The van der Waals surface area contributed by atoms with Crippen molar-refractivity contribution in [2.75, 3.05) is 18.0 Å². The van der Waals surface area contributed by atoms with Crippen molar-refractivity contribution in [2.24, 2.45) is 0 Å². The first-order chi connectivity index (χ1) is 9.72. The highest BCUT2D eigenvalue weighted by Gasteiger charge is 2.39. The van der Waals surface area contributed by atoms with Crippen LogP contribution in [0.3, 0.4) is 0 Å². The van der Waals surface area contributed by atoms with Crippen LogP contribution in [0.2, 0.25) is 0 Å². The quantitative estimate of drug-likeness (QED) is 0.864. The molecule has 1 aromatic rings. The van der Waals surface area contributed by atoms with Gasteiger partial charge in [-0.15, -0.1) is 0 Å². The fourth-order valence-corrected chi connectivity index (χ4v) is 4.23. The third-order valence-electron chi connectivity index (χ3n) is 5.05. The van der Waals surface area contributed by atoms with Crippen LogP contribution in [0.15, 0.2) is 28.7 Å². The summed E-state index contributed by atoms with van der Waals surface area (Å²) in [5.41, 5.74) is 1.74. The molecule has 2 fully saturated rings. The van der Waals surface area contributed by atoms with Gasteiger partial charge in [0.15, 0.2) is 0 Å². The minimum Gasteiger partial charge on any atom is -0.365 e. The van der Waals surface area contributed by atoms with E-state index in [0.29, 0.717) is 11.6 Å². The molecule has 1 unspecified atom stereocenters. The maximum atomic E-state index is 3.90. The minimum absolute atomic E-state index is 0.367. The number of nitrogens with one attached hydrogen (secondary N) is 1. The van der Waals surface area contributed by atoms with Crippen LogP contribution in [-0.4, -0.2) is 24.7 Å². The molecule has 1 spiro atoms.